The minimum atomic E-state index is -4.18. The van der Waals surface area contributed by atoms with E-state index in [2.05, 4.69) is 15.5 Å². The molecular formula is C15H12Cl2N4O3S. The number of aryl methyl sites for hydroxylation is 1. The topological polar surface area (TPSA) is 87.0 Å². The van der Waals surface area contributed by atoms with Crippen LogP contribution in [0.4, 0.5) is 0 Å². The first-order valence-corrected chi connectivity index (χ1v) is 9.19. The number of tetrazole rings is 1. The summed E-state index contributed by atoms with van der Waals surface area (Å²) in [4.78, 5) is -0.146. The van der Waals surface area contributed by atoms with E-state index in [4.69, 9.17) is 27.4 Å². The van der Waals surface area contributed by atoms with Crippen molar-refractivity contribution in [3.05, 3.63) is 57.8 Å². The van der Waals surface area contributed by atoms with Crippen molar-refractivity contribution in [1.29, 1.82) is 0 Å². The first-order valence-electron chi connectivity index (χ1n) is 7.02. The van der Waals surface area contributed by atoms with E-state index in [1.807, 2.05) is 0 Å². The molecule has 0 fully saturated rings. The van der Waals surface area contributed by atoms with E-state index in [9.17, 15) is 8.42 Å². The predicted octanol–water partition coefficient (Wildman–Crippen LogP) is 3.35. The molecule has 3 rings (SSSR count). The van der Waals surface area contributed by atoms with Crippen LogP contribution in [-0.2, 0) is 10.1 Å². The number of aromatic nitrogens is 4. The number of hydrogen-bond donors (Lipinski definition) is 0. The fourth-order valence-electron chi connectivity index (χ4n) is 2.24. The van der Waals surface area contributed by atoms with Crippen LogP contribution in [0.5, 0.6) is 5.75 Å². The lowest BCUT2D eigenvalue weighted by Gasteiger charge is -2.14. The summed E-state index contributed by atoms with van der Waals surface area (Å²) >= 11 is 12.3. The molecule has 0 atom stereocenters. The normalized spacial score (nSPS) is 11.5. The summed E-state index contributed by atoms with van der Waals surface area (Å²) < 4.78 is 32.1. The maximum Gasteiger partial charge on any atom is 0.341 e. The minimum absolute atomic E-state index is 0.0820. The molecule has 7 nitrogen and oxygen atoms in total. The highest BCUT2D eigenvalue weighted by molar-refractivity contribution is 7.87. The lowest BCUT2D eigenvalue weighted by Crippen LogP contribution is -2.13. The fraction of sp³-hybridized carbons (Fsp3) is 0.133. The third-order valence-corrected chi connectivity index (χ3v) is 5.89. The van der Waals surface area contributed by atoms with Crippen LogP contribution in [0, 0.1) is 13.8 Å². The summed E-state index contributed by atoms with van der Waals surface area (Å²) in [5, 5.41) is 11.2. The molecule has 3 aromatic rings. The molecule has 0 N–H and O–H groups in total. The molecule has 0 radical (unpaired) electrons. The van der Waals surface area contributed by atoms with E-state index < -0.39 is 10.1 Å². The monoisotopic (exact) mass is 398 g/mol. The SMILES string of the molecule is Cc1cc(Cl)c(C)c(S(=O)(=O)Oc2cccc(-n3cnnn3)c2)c1Cl. The van der Waals surface area contributed by atoms with Gasteiger partial charge >= 0.3 is 10.1 Å². The van der Waals surface area contributed by atoms with Crippen molar-refractivity contribution >= 4 is 33.3 Å². The first-order chi connectivity index (χ1) is 11.8. The van der Waals surface area contributed by atoms with E-state index in [1.54, 1.807) is 32.0 Å². The summed E-state index contributed by atoms with van der Waals surface area (Å²) in [6.07, 6.45) is 1.38. The Balaban J connectivity index is 2.03. The Morgan fingerprint density at radius 3 is 2.60 bits per heavy atom. The summed E-state index contributed by atoms with van der Waals surface area (Å²) in [6.45, 7) is 3.24. The van der Waals surface area contributed by atoms with Crippen molar-refractivity contribution in [2.24, 2.45) is 0 Å². The van der Waals surface area contributed by atoms with Crippen molar-refractivity contribution < 1.29 is 12.6 Å². The largest absolute Gasteiger partial charge is 0.379 e. The zero-order valence-corrected chi connectivity index (χ0v) is 15.5. The van der Waals surface area contributed by atoms with E-state index >= 15 is 0 Å². The van der Waals surface area contributed by atoms with Crippen LogP contribution < -0.4 is 4.18 Å². The fourth-order valence-corrected chi connectivity index (χ4v) is 4.34. The Kier molecular flexibility index (Phi) is 4.68. The van der Waals surface area contributed by atoms with Crippen molar-refractivity contribution in [3.63, 3.8) is 0 Å². The molecule has 0 aliphatic rings. The third-order valence-electron chi connectivity index (χ3n) is 3.47. The number of rotatable bonds is 4. The maximum absolute atomic E-state index is 12.7. The zero-order chi connectivity index (χ0) is 18.2. The van der Waals surface area contributed by atoms with E-state index in [0.29, 0.717) is 21.8 Å². The average Bonchev–Trinajstić information content (AvgIpc) is 3.07. The summed E-state index contributed by atoms with van der Waals surface area (Å²) in [6, 6.07) is 7.94. The third kappa shape index (κ3) is 3.46. The number of halogens is 2. The Hall–Kier alpha value is -2.16. The van der Waals surface area contributed by atoms with Crippen molar-refractivity contribution in [2.75, 3.05) is 0 Å². The van der Waals surface area contributed by atoms with Gasteiger partial charge in [0, 0.05) is 11.1 Å². The molecule has 1 heterocycles. The highest BCUT2D eigenvalue weighted by atomic mass is 35.5. The van der Waals surface area contributed by atoms with Gasteiger partial charge in [0.1, 0.15) is 17.0 Å². The van der Waals surface area contributed by atoms with E-state index in [-0.39, 0.29) is 15.7 Å². The molecule has 130 valence electrons. The highest BCUT2D eigenvalue weighted by Crippen LogP contribution is 2.35. The second kappa shape index (κ2) is 6.62. The van der Waals surface area contributed by atoms with Crippen LogP contribution >= 0.6 is 23.2 Å². The van der Waals surface area contributed by atoms with E-state index in [1.165, 1.54) is 23.1 Å². The maximum atomic E-state index is 12.7. The van der Waals surface area contributed by atoms with Gasteiger partial charge < -0.3 is 4.18 Å². The standard InChI is InChI=1S/C15H12Cl2N4O3S/c1-9-6-13(16)10(2)15(14(9)17)25(22,23)24-12-5-3-4-11(7-12)21-8-18-19-20-21/h3-8H,1-2H3. The number of benzene rings is 2. The van der Waals surface area contributed by atoms with Crippen molar-refractivity contribution in [3.8, 4) is 11.4 Å². The quantitative estimate of drug-likeness (QED) is 0.626. The molecule has 0 unspecified atom stereocenters. The van der Waals surface area contributed by atoms with Crippen LogP contribution in [0.1, 0.15) is 11.1 Å². The molecule has 2 aromatic carbocycles. The molecule has 0 aliphatic heterocycles. The van der Waals surface area contributed by atoms with Gasteiger partial charge in [-0.3, -0.25) is 0 Å². The first kappa shape index (κ1) is 17.7. The average molecular weight is 399 g/mol. The molecule has 10 heteroatoms. The Labute approximate surface area is 154 Å². The lowest BCUT2D eigenvalue weighted by molar-refractivity contribution is 0.485. The minimum Gasteiger partial charge on any atom is -0.379 e. The van der Waals surface area contributed by atoms with Crippen molar-refractivity contribution in [1.82, 2.24) is 20.2 Å². The number of nitrogens with zero attached hydrogens (tertiary/aromatic N) is 4. The summed E-state index contributed by atoms with van der Waals surface area (Å²) in [5.41, 5.74) is 1.42. The van der Waals surface area contributed by atoms with Crippen LogP contribution in [0.3, 0.4) is 0 Å². The van der Waals surface area contributed by atoms with Gasteiger partial charge in [0.15, 0.2) is 0 Å². The smallest absolute Gasteiger partial charge is 0.341 e. The number of hydrogen-bond acceptors (Lipinski definition) is 6. The lowest BCUT2D eigenvalue weighted by atomic mass is 10.2. The van der Waals surface area contributed by atoms with Gasteiger partial charge in [0.2, 0.25) is 0 Å². The molecule has 25 heavy (non-hydrogen) atoms. The van der Waals surface area contributed by atoms with Gasteiger partial charge in [-0.05, 0) is 53.6 Å². The van der Waals surface area contributed by atoms with Crippen molar-refractivity contribution in [2.45, 2.75) is 18.7 Å². The molecule has 0 saturated heterocycles. The second-order valence-corrected chi connectivity index (χ2v) is 7.50. The zero-order valence-electron chi connectivity index (χ0n) is 13.1. The molecule has 0 spiro atoms. The molecule has 1 aromatic heterocycles. The molecule has 0 saturated carbocycles. The Morgan fingerprint density at radius 1 is 1.16 bits per heavy atom. The second-order valence-electron chi connectivity index (χ2n) is 5.23. The van der Waals surface area contributed by atoms with Crippen LogP contribution in [-0.4, -0.2) is 28.6 Å². The van der Waals surface area contributed by atoms with Crippen LogP contribution in [0.15, 0.2) is 41.6 Å². The Morgan fingerprint density at radius 2 is 1.92 bits per heavy atom. The van der Waals surface area contributed by atoms with Crippen LogP contribution in [0.25, 0.3) is 5.69 Å². The molecular weight excluding hydrogens is 387 g/mol. The highest BCUT2D eigenvalue weighted by Gasteiger charge is 2.26. The molecule has 0 bridgehead atoms. The summed E-state index contributed by atoms with van der Waals surface area (Å²) in [7, 11) is -4.18. The predicted molar refractivity (Wildman–Crippen MR) is 92.9 cm³/mol. The molecule has 0 amide bonds. The van der Waals surface area contributed by atoms with Gasteiger partial charge in [0.05, 0.1) is 10.7 Å². The van der Waals surface area contributed by atoms with Gasteiger partial charge in [-0.2, -0.15) is 8.42 Å². The Bertz CT molecular complexity index is 1010. The summed E-state index contributed by atoms with van der Waals surface area (Å²) in [5.74, 6) is 0.0982. The van der Waals surface area contributed by atoms with Gasteiger partial charge in [-0.1, -0.05) is 29.3 Å². The molecule has 0 aliphatic carbocycles. The van der Waals surface area contributed by atoms with Gasteiger partial charge in [-0.25, -0.2) is 4.68 Å². The van der Waals surface area contributed by atoms with E-state index in [0.717, 1.165) is 0 Å². The van der Waals surface area contributed by atoms with Gasteiger partial charge in [0.25, 0.3) is 0 Å². The van der Waals surface area contributed by atoms with Crippen LogP contribution in [0.2, 0.25) is 10.0 Å². The van der Waals surface area contributed by atoms with Gasteiger partial charge in [-0.15, -0.1) is 5.10 Å².